The van der Waals surface area contributed by atoms with Gasteiger partial charge in [0.25, 0.3) is 5.91 Å². The molecule has 1 amide bonds. The van der Waals surface area contributed by atoms with E-state index in [4.69, 9.17) is 9.47 Å². The summed E-state index contributed by atoms with van der Waals surface area (Å²) in [7, 11) is 0. The highest BCUT2D eigenvalue weighted by atomic mass is 16.5. The number of benzene rings is 2. The van der Waals surface area contributed by atoms with Crippen molar-refractivity contribution in [1.29, 1.82) is 5.26 Å². The summed E-state index contributed by atoms with van der Waals surface area (Å²) in [4.78, 5) is 24.7. The molecule has 0 heterocycles. The molecule has 0 saturated heterocycles. The highest BCUT2D eigenvalue weighted by Crippen LogP contribution is 2.18. The smallest absolute Gasteiger partial charge is 0.349 e. The summed E-state index contributed by atoms with van der Waals surface area (Å²) in [6.07, 6.45) is 0.354. The maximum Gasteiger partial charge on any atom is 0.349 e. The van der Waals surface area contributed by atoms with Gasteiger partial charge in [-0.2, -0.15) is 5.26 Å². The van der Waals surface area contributed by atoms with E-state index in [1.54, 1.807) is 30.3 Å². The van der Waals surface area contributed by atoms with Gasteiger partial charge in [0.2, 0.25) is 0 Å². The lowest BCUT2D eigenvalue weighted by atomic mass is 10.1. The monoisotopic (exact) mass is 392 g/mol. The number of carbonyl (C=O) groups excluding carboxylic acids is 2. The number of nitriles is 1. The first-order valence-electron chi connectivity index (χ1n) is 9.27. The van der Waals surface area contributed by atoms with Crippen LogP contribution >= 0.6 is 0 Å². The quantitative estimate of drug-likeness (QED) is 0.434. The van der Waals surface area contributed by atoms with E-state index in [9.17, 15) is 14.9 Å². The number of esters is 1. The molecule has 0 aliphatic carbocycles. The Morgan fingerprint density at radius 2 is 1.86 bits per heavy atom. The van der Waals surface area contributed by atoms with Crippen LogP contribution < -0.4 is 10.1 Å². The highest BCUT2D eigenvalue weighted by Gasteiger charge is 2.21. The Kier molecular flexibility index (Phi) is 7.55. The van der Waals surface area contributed by atoms with Crippen molar-refractivity contribution in [3.05, 3.63) is 64.7 Å². The van der Waals surface area contributed by atoms with Crippen molar-refractivity contribution < 1.29 is 19.1 Å². The van der Waals surface area contributed by atoms with Crippen molar-refractivity contribution in [2.75, 3.05) is 11.9 Å². The third-order valence-electron chi connectivity index (χ3n) is 4.14. The number of amides is 1. The summed E-state index contributed by atoms with van der Waals surface area (Å²) in [6.45, 7) is 7.74. The Morgan fingerprint density at radius 3 is 2.45 bits per heavy atom. The zero-order chi connectivity index (χ0) is 21.4. The van der Waals surface area contributed by atoms with Gasteiger partial charge in [-0.1, -0.05) is 29.8 Å². The van der Waals surface area contributed by atoms with Crippen LogP contribution in [0.5, 0.6) is 5.75 Å². The molecule has 0 saturated carbocycles. The number of hydrogen-bond acceptors (Lipinski definition) is 5. The molecule has 0 aliphatic heterocycles. The van der Waals surface area contributed by atoms with Crippen LogP contribution in [0.25, 0.3) is 6.08 Å². The Bertz CT molecular complexity index is 956. The number of aryl methyl sites for hydroxylation is 2. The van der Waals surface area contributed by atoms with Gasteiger partial charge in [-0.15, -0.1) is 0 Å². The summed E-state index contributed by atoms with van der Waals surface area (Å²) in [5, 5.41) is 12.0. The van der Waals surface area contributed by atoms with E-state index in [1.807, 2.05) is 39.0 Å². The second kappa shape index (κ2) is 10.1. The summed E-state index contributed by atoms with van der Waals surface area (Å²) < 4.78 is 10.5. The van der Waals surface area contributed by atoms with Gasteiger partial charge in [0, 0.05) is 5.69 Å². The SMILES string of the molecule is CCOc1ccc(/C=C(\C#N)C(=O)O[C@H](C)C(=O)Nc2ccc(C)cc2C)cc1. The predicted molar refractivity (Wildman–Crippen MR) is 111 cm³/mol. The van der Waals surface area contributed by atoms with Crippen LogP contribution in [0.1, 0.15) is 30.5 Å². The van der Waals surface area contributed by atoms with Crippen LogP contribution in [0.3, 0.4) is 0 Å². The zero-order valence-corrected chi connectivity index (χ0v) is 17.0. The third-order valence-corrected chi connectivity index (χ3v) is 4.14. The lowest BCUT2D eigenvalue weighted by Crippen LogP contribution is -2.30. The van der Waals surface area contributed by atoms with E-state index < -0.39 is 18.0 Å². The van der Waals surface area contributed by atoms with Gasteiger partial charge >= 0.3 is 5.97 Å². The number of anilines is 1. The van der Waals surface area contributed by atoms with Crippen molar-refractivity contribution >= 4 is 23.6 Å². The third kappa shape index (κ3) is 6.22. The molecule has 1 N–H and O–H groups in total. The molecule has 0 spiro atoms. The zero-order valence-electron chi connectivity index (χ0n) is 17.0. The molecule has 0 radical (unpaired) electrons. The number of hydrogen-bond donors (Lipinski definition) is 1. The lowest BCUT2D eigenvalue weighted by molar-refractivity contribution is -0.148. The molecule has 2 aromatic rings. The Hall–Kier alpha value is -3.59. The number of nitrogens with one attached hydrogen (secondary N) is 1. The molecule has 150 valence electrons. The largest absolute Gasteiger partial charge is 0.494 e. The number of carbonyl (C=O) groups is 2. The van der Waals surface area contributed by atoms with Crippen LogP contribution in [0, 0.1) is 25.2 Å². The van der Waals surface area contributed by atoms with E-state index in [0.29, 0.717) is 23.6 Å². The molecule has 2 rings (SSSR count). The average Bonchev–Trinajstić information content (AvgIpc) is 2.69. The highest BCUT2D eigenvalue weighted by molar-refractivity contribution is 6.01. The van der Waals surface area contributed by atoms with Crippen molar-refractivity contribution in [3.63, 3.8) is 0 Å². The summed E-state index contributed by atoms with van der Waals surface area (Å²) in [5.74, 6) is -0.629. The molecular formula is C23H24N2O4. The fraction of sp³-hybridized carbons (Fsp3) is 0.261. The fourth-order valence-corrected chi connectivity index (χ4v) is 2.60. The maximum absolute atomic E-state index is 12.3. The van der Waals surface area contributed by atoms with E-state index in [0.717, 1.165) is 11.1 Å². The molecule has 0 bridgehead atoms. The first-order chi connectivity index (χ1) is 13.8. The summed E-state index contributed by atoms with van der Waals surface area (Å²) >= 11 is 0. The number of nitrogens with zero attached hydrogens (tertiary/aromatic N) is 1. The molecule has 29 heavy (non-hydrogen) atoms. The van der Waals surface area contributed by atoms with Gasteiger partial charge in [0.05, 0.1) is 6.61 Å². The minimum Gasteiger partial charge on any atom is -0.494 e. The van der Waals surface area contributed by atoms with Gasteiger partial charge in [-0.25, -0.2) is 4.79 Å². The molecule has 0 unspecified atom stereocenters. The van der Waals surface area contributed by atoms with E-state index in [2.05, 4.69) is 5.32 Å². The molecular weight excluding hydrogens is 368 g/mol. The first-order valence-corrected chi connectivity index (χ1v) is 9.27. The maximum atomic E-state index is 12.3. The van der Waals surface area contributed by atoms with Crippen molar-refractivity contribution in [2.45, 2.75) is 33.8 Å². The van der Waals surface area contributed by atoms with Crippen LogP contribution in [0.2, 0.25) is 0 Å². The van der Waals surface area contributed by atoms with Gasteiger partial charge in [0.1, 0.15) is 17.4 Å². The molecule has 0 fully saturated rings. The first kappa shape index (κ1) is 21.7. The topological polar surface area (TPSA) is 88.4 Å². The molecule has 0 aromatic heterocycles. The molecule has 6 nitrogen and oxygen atoms in total. The van der Waals surface area contributed by atoms with E-state index in [-0.39, 0.29) is 5.57 Å². The second-order valence-electron chi connectivity index (χ2n) is 6.53. The average molecular weight is 392 g/mol. The van der Waals surface area contributed by atoms with Crippen LogP contribution in [0.15, 0.2) is 48.0 Å². The minimum atomic E-state index is -1.06. The fourth-order valence-electron chi connectivity index (χ4n) is 2.60. The van der Waals surface area contributed by atoms with Crippen LogP contribution in [0.4, 0.5) is 5.69 Å². The van der Waals surface area contributed by atoms with Gasteiger partial charge in [-0.3, -0.25) is 4.79 Å². The molecule has 6 heteroatoms. The lowest BCUT2D eigenvalue weighted by Gasteiger charge is -2.14. The normalized spacial score (nSPS) is 11.9. The number of rotatable bonds is 7. The number of ether oxygens (including phenoxy) is 2. The molecule has 1 atom stereocenters. The molecule has 0 aliphatic rings. The van der Waals surface area contributed by atoms with E-state index in [1.165, 1.54) is 13.0 Å². The van der Waals surface area contributed by atoms with Crippen LogP contribution in [-0.2, 0) is 14.3 Å². The van der Waals surface area contributed by atoms with Crippen LogP contribution in [-0.4, -0.2) is 24.6 Å². The van der Waals surface area contributed by atoms with Gasteiger partial charge in [0.15, 0.2) is 6.10 Å². The summed E-state index contributed by atoms with van der Waals surface area (Å²) in [5.41, 5.74) is 3.09. The van der Waals surface area contributed by atoms with Crippen molar-refractivity contribution in [1.82, 2.24) is 0 Å². The standard InChI is InChI=1S/C23H24N2O4/c1-5-28-20-9-7-18(8-10-20)13-19(14-24)23(27)29-17(4)22(26)25-21-11-6-15(2)12-16(21)3/h6-13,17H,5H2,1-4H3,(H,25,26)/b19-13+/t17-/m1/s1. The second-order valence-corrected chi connectivity index (χ2v) is 6.53. The minimum absolute atomic E-state index is 0.194. The van der Waals surface area contributed by atoms with Gasteiger partial charge < -0.3 is 14.8 Å². The van der Waals surface area contributed by atoms with Crippen molar-refractivity contribution in [2.24, 2.45) is 0 Å². The van der Waals surface area contributed by atoms with Crippen molar-refractivity contribution in [3.8, 4) is 11.8 Å². The van der Waals surface area contributed by atoms with E-state index >= 15 is 0 Å². The summed E-state index contributed by atoms with van der Waals surface area (Å²) in [6, 6.07) is 14.4. The molecule has 2 aromatic carbocycles. The van der Waals surface area contributed by atoms with Gasteiger partial charge in [-0.05, 0) is 63.1 Å². The predicted octanol–water partition coefficient (Wildman–Crippen LogP) is 4.18. The Balaban J connectivity index is 2.03. The Morgan fingerprint density at radius 1 is 1.17 bits per heavy atom. The Labute approximate surface area is 170 Å².